The summed E-state index contributed by atoms with van der Waals surface area (Å²) in [6.07, 6.45) is 2.69. The summed E-state index contributed by atoms with van der Waals surface area (Å²) in [5, 5.41) is 2.14. The first-order valence-electron chi connectivity index (χ1n) is 6.46. The molecular weight excluding hydrogens is 313 g/mol. The van der Waals surface area contributed by atoms with Gasteiger partial charge in [0.25, 0.3) is 0 Å². The summed E-state index contributed by atoms with van der Waals surface area (Å²) in [5.74, 6) is -2.40. The molecule has 0 aromatic carbocycles. The summed E-state index contributed by atoms with van der Waals surface area (Å²) in [6.45, 7) is 2.71. The fourth-order valence-corrected chi connectivity index (χ4v) is 1.84. The summed E-state index contributed by atoms with van der Waals surface area (Å²) >= 11 is 0. The first-order chi connectivity index (χ1) is 10.0. The Kier molecular flexibility index (Phi) is 5.98. The molecule has 1 aromatic rings. The molecule has 22 heavy (non-hydrogen) atoms. The van der Waals surface area contributed by atoms with Crippen molar-refractivity contribution in [2.45, 2.75) is 38.1 Å². The number of rotatable bonds is 6. The summed E-state index contributed by atoms with van der Waals surface area (Å²) in [6, 6.07) is -1.74. The Bertz CT molecular complexity index is 595. The molecule has 7 N–H and O–H groups in total. The molecule has 10 nitrogen and oxygen atoms in total. The first kappa shape index (κ1) is 18.5. The van der Waals surface area contributed by atoms with E-state index in [4.69, 9.17) is 21.3 Å². The Balaban J connectivity index is 2.65. The van der Waals surface area contributed by atoms with E-state index in [1.807, 2.05) is 0 Å². The summed E-state index contributed by atoms with van der Waals surface area (Å²) in [5.41, 5.74) is 11.5. The van der Waals surface area contributed by atoms with E-state index >= 15 is 0 Å². The van der Waals surface area contributed by atoms with Crippen molar-refractivity contribution in [3.05, 3.63) is 18.2 Å². The smallest absolute Gasteiger partial charge is 0.341 e. The number of amides is 1. The number of nitrogens with zero attached hydrogens (tertiary/aromatic N) is 2. The number of nitrogens with two attached hydrogens (primary N) is 2. The molecule has 0 saturated heterocycles. The van der Waals surface area contributed by atoms with Crippen LogP contribution in [-0.2, 0) is 15.8 Å². The highest BCUT2D eigenvalue weighted by Gasteiger charge is 2.27. The van der Waals surface area contributed by atoms with Crippen molar-refractivity contribution >= 4 is 19.4 Å². The van der Waals surface area contributed by atoms with Crippen LogP contribution in [0.5, 0.6) is 0 Å². The lowest BCUT2D eigenvalue weighted by atomic mass is 10.1. The first-order valence-corrected chi connectivity index (χ1v) is 8.14. The van der Waals surface area contributed by atoms with Crippen LogP contribution in [0.3, 0.4) is 0 Å². The lowest BCUT2D eigenvalue weighted by Gasteiger charge is -2.17. The van der Waals surface area contributed by atoms with E-state index in [2.05, 4.69) is 10.3 Å². The quantitative estimate of drug-likeness (QED) is 0.386. The normalized spacial score (nSPS) is 15.9. The van der Waals surface area contributed by atoms with Gasteiger partial charge < -0.3 is 26.6 Å². The van der Waals surface area contributed by atoms with E-state index in [1.165, 1.54) is 30.9 Å². The number of hydrogen-bond donors (Lipinski definition) is 5. The SMILES string of the molecule is C[C@H](N)C(=O)n1cnc(C[C@H](N)C(=O)N[C@@H](C)P(=O)(O)O)c1. The monoisotopic (exact) mass is 333 g/mol. The Morgan fingerprint density at radius 3 is 2.50 bits per heavy atom. The van der Waals surface area contributed by atoms with Crippen LogP contribution in [-0.4, -0.2) is 49.0 Å². The maximum absolute atomic E-state index is 11.8. The molecule has 0 spiro atoms. The minimum absolute atomic E-state index is 0.0128. The number of carbonyl (C=O) groups excluding carboxylic acids is 2. The molecule has 1 rings (SSSR count). The van der Waals surface area contributed by atoms with Gasteiger partial charge in [0.15, 0.2) is 0 Å². The molecule has 124 valence electrons. The third-order valence-corrected chi connectivity index (χ3v) is 4.04. The minimum Gasteiger partial charge on any atom is -0.341 e. The lowest BCUT2D eigenvalue weighted by molar-refractivity contribution is -0.122. The van der Waals surface area contributed by atoms with Gasteiger partial charge in [-0.3, -0.25) is 18.7 Å². The lowest BCUT2D eigenvalue weighted by Crippen LogP contribution is -2.45. The molecule has 1 amide bonds. The molecule has 0 radical (unpaired) electrons. The van der Waals surface area contributed by atoms with Crippen LogP contribution in [0.25, 0.3) is 0 Å². The molecule has 0 aliphatic heterocycles. The zero-order valence-corrected chi connectivity index (χ0v) is 13.1. The Morgan fingerprint density at radius 2 is 2.00 bits per heavy atom. The summed E-state index contributed by atoms with van der Waals surface area (Å²) < 4.78 is 12.2. The van der Waals surface area contributed by atoms with Gasteiger partial charge in [-0.05, 0) is 13.8 Å². The van der Waals surface area contributed by atoms with E-state index in [0.29, 0.717) is 5.69 Å². The van der Waals surface area contributed by atoms with Crippen LogP contribution >= 0.6 is 7.60 Å². The minimum atomic E-state index is -4.42. The zero-order chi connectivity index (χ0) is 17.1. The standard InChI is InChI=1S/C11H20N5O5P/c1-6(12)11(18)16-4-8(14-5-16)3-9(13)10(17)15-7(2)22(19,20)21/h4-7,9H,3,12-13H2,1-2H3,(H,15,17)(H2,19,20,21)/t6-,7+,9-/m0/s1. The topological polar surface area (TPSA) is 174 Å². The van der Waals surface area contributed by atoms with Gasteiger partial charge >= 0.3 is 7.60 Å². The van der Waals surface area contributed by atoms with E-state index < -0.39 is 31.4 Å². The van der Waals surface area contributed by atoms with Crippen molar-refractivity contribution in [2.75, 3.05) is 0 Å². The zero-order valence-electron chi connectivity index (χ0n) is 12.2. The van der Waals surface area contributed by atoms with Crippen molar-refractivity contribution in [1.82, 2.24) is 14.9 Å². The highest BCUT2D eigenvalue weighted by atomic mass is 31.2. The maximum atomic E-state index is 11.8. The predicted octanol–water partition coefficient (Wildman–Crippen LogP) is -1.62. The molecule has 3 atom stereocenters. The second kappa shape index (κ2) is 7.12. The Morgan fingerprint density at radius 1 is 1.41 bits per heavy atom. The molecule has 0 saturated carbocycles. The van der Waals surface area contributed by atoms with Crippen molar-refractivity contribution in [3.8, 4) is 0 Å². The van der Waals surface area contributed by atoms with Crippen molar-refractivity contribution < 1.29 is 23.9 Å². The van der Waals surface area contributed by atoms with Gasteiger partial charge in [-0.2, -0.15) is 0 Å². The molecule has 1 heterocycles. The Labute approximate surface area is 127 Å². The third-order valence-electron chi connectivity index (χ3n) is 2.90. The van der Waals surface area contributed by atoms with Crippen LogP contribution in [0.4, 0.5) is 0 Å². The van der Waals surface area contributed by atoms with Gasteiger partial charge in [0, 0.05) is 12.6 Å². The molecule has 0 aliphatic rings. The Hall–Kier alpha value is -1.58. The van der Waals surface area contributed by atoms with Crippen LogP contribution in [0.15, 0.2) is 12.5 Å². The molecule has 0 unspecified atom stereocenters. The molecule has 0 aliphatic carbocycles. The molecule has 11 heteroatoms. The van der Waals surface area contributed by atoms with Crippen LogP contribution < -0.4 is 16.8 Å². The molecule has 0 bridgehead atoms. The van der Waals surface area contributed by atoms with Crippen molar-refractivity contribution in [1.29, 1.82) is 0 Å². The average molecular weight is 333 g/mol. The second-order valence-electron chi connectivity index (χ2n) is 4.98. The van der Waals surface area contributed by atoms with Gasteiger partial charge in [-0.25, -0.2) is 4.98 Å². The fourth-order valence-electron chi connectivity index (χ4n) is 1.54. The second-order valence-corrected chi connectivity index (χ2v) is 6.94. The van der Waals surface area contributed by atoms with E-state index in [1.54, 1.807) is 0 Å². The number of hydrogen-bond acceptors (Lipinski definition) is 6. The van der Waals surface area contributed by atoms with Gasteiger partial charge in [0.2, 0.25) is 11.8 Å². The highest BCUT2D eigenvalue weighted by molar-refractivity contribution is 7.52. The number of carbonyl (C=O) groups is 2. The van der Waals surface area contributed by atoms with Gasteiger partial charge in [-0.1, -0.05) is 0 Å². The number of imidazole rings is 1. The largest absolute Gasteiger partial charge is 0.347 e. The van der Waals surface area contributed by atoms with Crippen molar-refractivity contribution in [3.63, 3.8) is 0 Å². The summed E-state index contributed by atoms with van der Waals surface area (Å²) in [4.78, 5) is 45.2. The molecule has 1 aromatic heterocycles. The average Bonchev–Trinajstić information content (AvgIpc) is 2.84. The van der Waals surface area contributed by atoms with Crippen LogP contribution in [0.2, 0.25) is 0 Å². The maximum Gasteiger partial charge on any atom is 0.347 e. The highest BCUT2D eigenvalue weighted by Crippen LogP contribution is 2.39. The number of aromatic nitrogens is 2. The predicted molar refractivity (Wildman–Crippen MR) is 77.8 cm³/mol. The van der Waals surface area contributed by atoms with Gasteiger partial charge in [0.1, 0.15) is 12.1 Å². The van der Waals surface area contributed by atoms with E-state index in [0.717, 1.165) is 0 Å². The van der Waals surface area contributed by atoms with E-state index in [-0.39, 0.29) is 12.3 Å². The van der Waals surface area contributed by atoms with Crippen LogP contribution in [0, 0.1) is 0 Å². The molecular formula is C11H20N5O5P. The van der Waals surface area contributed by atoms with E-state index in [9.17, 15) is 14.2 Å². The fraction of sp³-hybridized carbons (Fsp3) is 0.545. The molecule has 0 fully saturated rings. The van der Waals surface area contributed by atoms with Gasteiger partial charge in [0.05, 0.1) is 17.8 Å². The third kappa shape index (κ3) is 5.00. The summed E-state index contributed by atoms with van der Waals surface area (Å²) in [7, 11) is -4.42. The number of nitrogens with one attached hydrogen (secondary N) is 1. The van der Waals surface area contributed by atoms with Crippen LogP contribution in [0.1, 0.15) is 24.3 Å². The van der Waals surface area contributed by atoms with Gasteiger partial charge in [-0.15, -0.1) is 0 Å². The van der Waals surface area contributed by atoms with Crippen molar-refractivity contribution in [2.24, 2.45) is 11.5 Å².